The summed E-state index contributed by atoms with van der Waals surface area (Å²) in [7, 11) is 0. The monoisotopic (exact) mass is 535 g/mol. The number of nitrogens with one attached hydrogen (secondary N) is 2. The smallest absolute Gasteiger partial charge is 0.258 e. The molecule has 0 bridgehead atoms. The molecule has 0 saturated heterocycles. The van der Waals surface area contributed by atoms with E-state index in [4.69, 9.17) is 39.8 Å². The standard InChI is InChI=1S/C21H12BrCl2N3O3S/c22-13-8-10(4-6-16(13)28)20-26-15-9-11(5-7-17(15)30-20)25-21(31)27-19(29)12-2-1-3-14(23)18(12)24/h1-9,28H,(H2,25,27,29,31). The van der Waals surface area contributed by atoms with Gasteiger partial charge in [0.05, 0.1) is 20.1 Å². The number of oxazole rings is 1. The van der Waals surface area contributed by atoms with E-state index in [2.05, 4.69) is 31.5 Å². The second-order valence-corrected chi connectivity index (χ2v) is 8.43. The van der Waals surface area contributed by atoms with Crippen molar-refractivity contribution in [1.29, 1.82) is 0 Å². The number of aromatic nitrogens is 1. The topological polar surface area (TPSA) is 87.4 Å². The molecule has 10 heteroatoms. The van der Waals surface area contributed by atoms with E-state index in [0.717, 1.165) is 0 Å². The number of hydrogen-bond donors (Lipinski definition) is 3. The normalized spacial score (nSPS) is 10.8. The molecule has 0 radical (unpaired) electrons. The molecule has 0 aliphatic rings. The Morgan fingerprint density at radius 1 is 1.13 bits per heavy atom. The number of nitrogens with zero attached hydrogens (tertiary/aromatic N) is 1. The molecular formula is C21H12BrCl2N3O3S. The summed E-state index contributed by atoms with van der Waals surface area (Å²) in [5.74, 6) is 0.0491. The van der Waals surface area contributed by atoms with Gasteiger partial charge in [0, 0.05) is 11.3 Å². The SMILES string of the molecule is O=C(NC(=S)Nc1ccc2oc(-c3ccc(O)c(Br)c3)nc2c1)c1cccc(Cl)c1Cl. The molecule has 0 aliphatic carbocycles. The number of benzene rings is 3. The minimum atomic E-state index is -0.479. The molecule has 0 unspecified atom stereocenters. The largest absolute Gasteiger partial charge is 0.507 e. The van der Waals surface area contributed by atoms with Crippen molar-refractivity contribution in [2.45, 2.75) is 0 Å². The maximum atomic E-state index is 12.4. The number of phenolic OH excluding ortho intramolecular Hbond substituents is 1. The zero-order valence-corrected chi connectivity index (χ0v) is 19.4. The molecule has 3 aromatic carbocycles. The lowest BCUT2D eigenvalue weighted by Gasteiger charge is -2.10. The van der Waals surface area contributed by atoms with Gasteiger partial charge < -0.3 is 14.8 Å². The van der Waals surface area contributed by atoms with Crippen molar-refractivity contribution in [3.63, 3.8) is 0 Å². The fourth-order valence-electron chi connectivity index (χ4n) is 2.78. The number of thiocarbonyl (C=S) groups is 1. The highest BCUT2D eigenvalue weighted by atomic mass is 79.9. The molecular weight excluding hydrogens is 525 g/mol. The molecule has 1 heterocycles. The summed E-state index contributed by atoms with van der Waals surface area (Å²) < 4.78 is 6.32. The highest BCUT2D eigenvalue weighted by Gasteiger charge is 2.15. The number of aromatic hydroxyl groups is 1. The van der Waals surface area contributed by atoms with Gasteiger partial charge in [-0.2, -0.15) is 0 Å². The Morgan fingerprint density at radius 3 is 2.71 bits per heavy atom. The average Bonchev–Trinajstić information content (AvgIpc) is 3.15. The van der Waals surface area contributed by atoms with Gasteiger partial charge in [-0.1, -0.05) is 29.3 Å². The van der Waals surface area contributed by atoms with Crippen LogP contribution in [0.3, 0.4) is 0 Å². The van der Waals surface area contributed by atoms with E-state index in [1.807, 2.05) is 0 Å². The predicted octanol–water partition coefficient (Wildman–Crippen LogP) is 6.40. The van der Waals surface area contributed by atoms with Crippen LogP contribution in [0.1, 0.15) is 10.4 Å². The van der Waals surface area contributed by atoms with E-state index in [9.17, 15) is 9.90 Å². The highest BCUT2D eigenvalue weighted by molar-refractivity contribution is 9.10. The first-order chi connectivity index (χ1) is 14.8. The number of anilines is 1. The second kappa shape index (κ2) is 8.84. The van der Waals surface area contributed by atoms with Gasteiger partial charge in [0.1, 0.15) is 11.3 Å². The summed E-state index contributed by atoms with van der Waals surface area (Å²) >= 11 is 20.5. The molecule has 0 saturated carbocycles. The lowest BCUT2D eigenvalue weighted by Crippen LogP contribution is -2.34. The third-order valence-electron chi connectivity index (χ3n) is 4.26. The van der Waals surface area contributed by atoms with Gasteiger partial charge in [-0.05, 0) is 76.7 Å². The maximum absolute atomic E-state index is 12.4. The number of hydrogen-bond acceptors (Lipinski definition) is 5. The molecule has 4 aromatic rings. The average molecular weight is 537 g/mol. The van der Waals surface area contributed by atoms with Gasteiger partial charge in [-0.25, -0.2) is 4.98 Å². The van der Waals surface area contributed by atoms with Crippen LogP contribution in [0, 0.1) is 0 Å². The minimum absolute atomic E-state index is 0.0894. The van der Waals surface area contributed by atoms with Crippen molar-refractivity contribution in [2.75, 3.05) is 5.32 Å². The zero-order chi connectivity index (χ0) is 22.1. The molecule has 0 fully saturated rings. The van der Waals surface area contributed by atoms with Gasteiger partial charge in [0.15, 0.2) is 10.7 Å². The van der Waals surface area contributed by atoms with Crippen LogP contribution < -0.4 is 10.6 Å². The fraction of sp³-hybridized carbons (Fsp3) is 0. The van der Waals surface area contributed by atoms with Crippen LogP contribution in [0.25, 0.3) is 22.6 Å². The molecule has 1 aromatic heterocycles. The molecule has 6 nitrogen and oxygen atoms in total. The Bertz CT molecular complexity index is 1340. The maximum Gasteiger partial charge on any atom is 0.258 e. The lowest BCUT2D eigenvalue weighted by molar-refractivity contribution is 0.0978. The third kappa shape index (κ3) is 4.67. The van der Waals surface area contributed by atoms with Crippen LogP contribution >= 0.6 is 51.3 Å². The number of amides is 1. The third-order valence-corrected chi connectivity index (χ3v) is 5.92. The van der Waals surface area contributed by atoms with Crippen molar-refractivity contribution < 1.29 is 14.3 Å². The number of phenols is 1. The quantitative estimate of drug-likeness (QED) is 0.263. The van der Waals surface area contributed by atoms with Crippen LogP contribution in [0.2, 0.25) is 10.0 Å². The molecule has 4 rings (SSSR count). The Morgan fingerprint density at radius 2 is 1.94 bits per heavy atom. The number of rotatable bonds is 3. The van der Waals surface area contributed by atoms with Crippen LogP contribution in [0.15, 0.2) is 63.5 Å². The highest BCUT2D eigenvalue weighted by Crippen LogP contribution is 2.31. The summed E-state index contributed by atoms with van der Waals surface area (Å²) in [6.45, 7) is 0. The molecule has 3 N–H and O–H groups in total. The van der Waals surface area contributed by atoms with Gasteiger partial charge in [-0.3, -0.25) is 10.1 Å². The zero-order valence-electron chi connectivity index (χ0n) is 15.4. The van der Waals surface area contributed by atoms with Crippen molar-refractivity contribution in [1.82, 2.24) is 10.3 Å². The Hall–Kier alpha value is -2.65. The summed E-state index contributed by atoms with van der Waals surface area (Å²) in [5, 5.41) is 15.7. The van der Waals surface area contributed by atoms with Crippen LogP contribution in [0.5, 0.6) is 5.75 Å². The summed E-state index contributed by atoms with van der Waals surface area (Å²) in [6, 6.07) is 15.0. The number of carbonyl (C=O) groups excluding carboxylic acids is 1. The molecule has 156 valence electrons. The van der Waals surface area contributed by atoms with Gasteiger partial charge in [0.25, 0.3) is 5.91 Å². The first kappa shape index (κ1) is 21.6. The minimum Gasteiger partial charge on any atom is -0.507 e. The van der Waals surface area contributed by atoms with Crippen LogP contribution in [-0.4, -0.2) is 21.1 Å². The number of carbonyl (C=O) groups is 1. The molecule has 0 atom stereocenters. The van der Waals surface area contributed by atoms with Crippen molar-refractivity contribution >= 4 is 79.2 Å². The Balaban J connectivity index is 1.51. The first-order valence-electron chi connectivity index (χ1n) is 8.77. The van der Waals surface area contributed by atoms with E-state index < -0.39 is 5.91 Å². The summed E-state index contributed by atoms with van der Waals surface area (Å²) in [5.41, 5.74) is 2.70. The number of halogens is 3. The molecule has 0 spiro atoms. The Kier molecular flexibility index (Phi) is 6.15. The molecule has 1 amide bonds. The van der Waals surface area contributed by atoms with E-state index >= 15 is 0 Å². The molecule has 31 heavy (non-hydrogen) atoms. The fourth-order valence-corrected chi connectivity index (χ4v) is 3.76. The first-order valence-corrected chi connectivity index (χ1v) is 10.7. The van der Waals surface area contributed by atoms with Gasteiger partial charge in [0.2, 0.25) is 5.89 Å². The second-order valence-electron chi connectivity index (χ2n) is 6.38. The van der Waals surface area contributed by atoms with E-state index in [1.165, 1.54) is 0 Å². The summed E-state index contributed by atoms with van der Waals surface area (Å²) in [6.07, 6.45) is 0. The Labute approximate surface area is 200 Å². The molecule has 0 aliphatic heterocycles. The van der Waals surface area contributed by atoms with E-state index in [-0.39, 0.29) is 26.5 Å². The lowest BCUT2D eigenvalue weighted by atomic mass is 10.2. The van der Waals surface area contributed by atoms with Crippen molar-refractivity contribution in [3.8, 4) is 17.2 Å². The number of fused-ring (bicyclic) bond motifs is 1. The van der Waals surface area contributed by atoms with Crippen molar-refractivity contribution in [3.05, 3.63) is 74.7 Å². The van der Waals surface area contributed by atoms with E-state index in [0.29, 0.717) is 32.7 Å². The van der Waals surface area contributed by atoms with E-state index in [1.54, 1.807) is 54.6 Å². The van der Waals surface area contributed by atoms with Gasteiger partial charge >= 0.3 is 0 Å². The van der Waals surface area contributed by atoms with Crippen LogP contribution in [0.4, 0.5) is 5.69 Å². The van der Waals surface area contributed by atoms with Gasteiger partial charge in [-0.15, -0.1) is 0 Å². The predicted molar refractivity (Wildman–Crippen MR) is 129 cm³/mol. The van der Waals surface area contributed by atoms with Crippen molar-refractivity contribution in [2.24, 2.45) is 0 Å². The summed E-state index contributed by atoms with van der Waals surface area (Å²) in [4.78, 5) is 16.9. The van der Waals surface area contributed by atoms with Crippen LogP contribution in [-0.2, 0) is 0 Å².